The van der Waals surface area contributed by atoms with Crippen LogP contribution in [0.4, 0.5) is 5.69 Å². The fraction of sp³-hybridized carbons (Fsp3) is 0.529. The summed E-state index contributed by atoms with van der Waals surface area (Å²) in [5, 5.41) is 0. The van der Waals surface area contributed by atoms with Crippen LogP contribution in [0.2, 0.25) is 0 Å². The normalized spacial score (nSPS) is 21.8. The predicted octanol–water partition coefficient (Wildman–Crippen LogP) is 3.52. The van der Waals surface area contributed by atoms with Crippen molar-refractivity contribution < 1.29 is 4.79 Å². The maximum Gasteiger partial charge on any atom is 0.230 e. The number of carbonyl (C=O) groups excluding carboxylic acids is 1. The van der Waals surface area contributed by atoms with Crippen LogP contribution in [0, 0.1) is 11.8 Å². The number of hydrogen-bond acceptors (Lipinski definition) is 2. The summed E-state index contributed by atoms with van der Waals surface area (Å²) >= 11 is 4.96. The molecule has 0 aromatic heterocycles. The maximum absolute atomic E-state index is 12.9. The van der Waals surface area contributed by atoms with Crippen molar-refractivity contribution in [2.75, 3.05) is 11.4 Å². The first-order chi connectivity index (χ1) is 10.1. The number of hydrogen-bond donors (Lipinski definition) is 1. The molecule has 1 aromatic carbocycles. The number of nitrogens with zero attached hydrogens (tertiary/aromatic N) is 1. The molecule has 0 spiro atoms. The Morgan fingerprint density at radius 1 is 1.24 bits per heavy atom. The second-order valence-electron chi connectivity index (χ2n) is 6.00. The van der Waals surface area contributed by atoms with Crippen LogP contribution < -0.4 is 10.6 Å². The highest BCUT2D eigenvalue weighted by Gasteiger charge is 2.28. The standard InChI is InChI=1S/C17H24N2OS/c1-13-7-9-14(10-8-13)17(20)19(12-11-16(18)21)15-5-3-2-4-6-15/h2-6,13-14H,7-12H2,1H3,(H2,18,21). The Kier molecular flexibility index (Phi) is 5.74. The molecule has 1 saturated carbocycles. The van der Waals surface area contributed by atoms with Gasteiger partial charge in [-0.1, -0.05) is 37.3 Å². The summed E-state index contributed by atoms with van der Waals surface area (Å²) in [6.07, 6.45) is 4.86. The van der Waals surface area contributed by atoms with Gasteiger partial charge >= 0.3 is 0 Å². The van der Waals surface area contributed by atoms with Gasteiger partial charge < -0.3 is 10.6 Å². The number of nitrogens with two attached hydrogens (primary N) is 1. The number of rotatable bonds is 5. The second-order valence-corrected chi connectivity index (χ2v) is 6.52. The number of benzene rings is 1. The molecule has 0 bridgehead atoms. The van der Waals surface area contributed by atoms with Gasteiger partial charge in [0.25, 0.3) is 0 Å². The lowest BCUT2D eigenvalue weighted by Crippen LogP contribution is -2.39. The molecule has 1 fully saturated rings. The Bertz CT molecular complexity index is 481. The molecule has 0 saturated heterocycles. The highest BCUT2D eigenvalue weighted by molar-refractivity contribution is 7.80. The van der Waals surface area contributed by atoms with E-state index >= 15 is 0 Å². The third-order valence-electron chi connectivity index (χ3n) is 4.28. The zero-order valence-corrected chi connectivity index (χ0v) is 13.4. The van der Waals surface area contributed by atoms with Gasteiger partial charge in [0.1, 0.15) is 0 Å². The van der Waals surface area contributed by atoms with E-state index in [1.54, 1.807) is 0 Å². The first-order valence-corrected chi connectivity index (χ1v) is 8.13. The van der Waals surface area contributed by atoms with E-state index in [9.17, 15) is 4.79 Å². The van der Waals surface area contributed by atoms with Gasteiger partial charge in [0.15, 0.2) is 0 Å². The van der Waals surface area contributed by atoms with Gasteiger partial charge in [0.05, 0.1) is 4.99 Å². The second kappa shape index (κ2) is 7.55. The summed E-state index contributed by atoms with van der Waals surface area (Å²) in [6, 6.07) is 9.83. The number of thiocarbonyl (C=S) groups is 1. The van der Waals surface area contributed by atoms with Crippen molar-refractivity contribution in [2.24, 2.45) is 17.6 Å². The number of para-hydroxylation sites is 1. The van der Waals surface area contributed by atoms with Gasteiger partial charge in [-0.15, -0.1) is 0 Å². The SMILES string of the molecule is CC1CCC(C(=O)N(CCC(N)=S)c2ccccc2)CC1. The fourth-order valence-corrected chi connectivity index (χ4v) is 3.02. The summed E-state index contributed by atoms with van der Waals surface area (Å²) in [6.45, 7) is 2.84. The molecule has 4 heteroatoms. The summed E-state index contributed by atoms with van der Waals surface area (Å²) in [5.74, 6) is 1.12. The van der Waals surface area contributed by atoms with Crippen molar-refractivity contribution in [3.8, 4) is 0 Å². The molecule has 0 unspecified atom stereocenters. The average molecular weight is 304 g/mol. The molecule has 0 heterocycles. The lowest BCUT2D eigenvalue weighted by molar-refractivity contribution is -0.123. The summed E-state index contributed by atoms with van der Waals surface area (Å²) in [7, 11) is 0. The van der Waals surface area contributed by atoms with Gasteiger partial charge in [0, 0.05) is 24.6 Å². The molecule has 114 valence electrons. The van der Waals surface area contributed by atoms with Crippen LogP contribution >= 0.6 is 12.2 Å². The van der Waals surface area contributed by atoms with Gasteiger partial charge in [-0.25, -0.2) is 0 Å². The molecule has 1 aliphatic carbocycles. The molecule has 0 atom stereocenters. The molecular formula is C17H24N2OS. The summed E-state index contributed by atoms with van der Waals surface area (Å²) in [4.78, 5) is 15.2. The van der Waals surface area contributed by atoms with E-state index in [0.717, 1.165) is 37.3 Å². The Hall–Kier alpha value is -1.42. The molecule has 3 nitrogen and oxygen atoms in total. The summed E-state index contributed by atoms with van der Waals surface area (Å²) in [5.41, 5.74) is 6.55. The van der Waals surface area contributed by atoms with E-state index in [2.05, 4.69) is 6.92 Å². The first kappa shape index (κ1) is 16.0. The van der Waals surface area contributed by atoms with Crippen LogP contribution in [0.25, 0.3) is 0 Å². The van der Waals surface area contributed by atoms with Crippen molar-refractivity contribution in [3.05, 3.63) is 30.3 Å². The largest absolute Gasteiger partial charge is 0.393 e. The van der Waals surface area contributed by atoms with Crippen LogP contribution in [0.1, 0.15) is 39.0 Å². The molecule has 1 aromatic rings. The number of carbonyl (C=O) groups is 1. The van der Waals surface area contributed by atoms with E-state index in [4.69, 9.17) is 18.0 Å². The molecule has 1 amide bonds. The van der Waals surface area contributed by atoms with Crippen molar-refractivity contribution >= 4 is 28.8 Å². The zero-order chi connectivity index (χ0) is 15.2. The topological polar surface area (TPSA) is 46.3 Å². The molecule has 2 rings (SSSR count). The van der Waals surface area contributed by atoms with Crippen LogP contribution in [0.5, 0.6) is 0 Å². The summed E-state index contributed by atoms with van der Waals surface area (Å²) < 4.78 is 0. The number of amides is 1. The lowest BCUT2D eigenvalue weighted by atomic mass is 9.82. The van der Waals surface area contributed by atoms with Gasteiger partial charge in [-0.2, -0.15) is 0 Å². The van der Waals surface area contributed by atoms with E-state index in [-0.39, 0.29) is 11.8 Å². The van der Waals surface area contributed by atoms with Crippen molar-refractivity contribution in [1.29, 1.82) is 0 Å². The molecule has 0 aliphatic heterocycles. The van der Waals surface area contributed by atoms with Crippen LogP contribution in [0.3, 0.4) is 0 Å². The third kappa shape index (κ3) is 4.53. The van der Waals surface area contributed by atoms with E-state index < -0.39 is 0 Å². The fourth-order valence-electron chi connectivity index (χ4n) is 2.92. The Morgan fingerprint density at radius 3 is 2.43 bits per heavy atom. The van der Waals surface area contributed by atoms with Crippen molar-refractivity contribution in [1.82, 2.24) is 0 Å². The van der Waals surface area contributed by atoms with Gasteiger partial charge in [-0.05, 0) is 43.7 Å². The van der Waals surface area contributed by atoms with Crippen molar-refractivity contribution in [3.63, 3.8) is 0 Å². The minimum Gasteiger partial charge on any atom is -0.393 e. The molecule has 21 heavy (non-hydrogen) atoms. The quantitative estimate of drug-likeness (QED) is 0.847. The van der Waals surface area contributed by atoms with Crippen molar-refractivity contribution in [2.45, 2.75) is 39.0 Å². The third-order valence-corrected chi connectivity index (χ3v) is 4.48. The lowest BCUT2D eigenvalue weighted by Gasteiger charge is -2.31. The molecule has 1 aliphatic rings. The van der Waals surface area contributed by atoms with Gasteiger partial charge in [0.2, 0.25) is 5.91 Å². The van der Waals surface area contributed by atoms with Gasteiger partial charge in [-0.3, -0.25) is 4.79 Å². The Morgan fingerprint density at radius 2 is 1.86 bits per heavy atom. The van der Waals surface area contributed by atoms with E-state index in [1.807, 2.05) is 35.2 Å². The highest BCUT2D eigenvalue weighted by Crippen LogP contribution is 2.31. The smallest absolute Gasteiger partial charge is 0.230 e. The Labute approximate surface area is 132 Å². The average Bonchev–Trinajstić information content (AvgIpc) is 2.49. The molecule has 2 N–H and O–H groups in total. The van der Waals surface area contributed by atoms with E-state index in [0.29, 0.717) is 18.0 Å². The Balaban J connectivity index is 2.10. The zero-order valence-electron chi connectivity index (χ0n) is 12.6. The highest BCUT2D eigenvalue weighted by atomic mass is 32.1. The number of anilines is 1. The van der Waals surface area contributed by atoms with Crippen LogP contribution in [-0.4, -0.2) is 17.4 Å². The maximum atomic E-state index is 12.9. The minimum atomic E-state index is 0.146. The van der Waals surface area contributed by atoms with Crippen LogP contribution in [0.15, 0.2) is 30.3 Å². The monoisotopic (exact) mass is 304 g/mol. The van der Waals surface area contributed by atoms with Crippen LogP contribution in [-0.2, 0) is 4.79 Å². The predicted molar refractivity (Wildman–Crippen MR) is 91.3 cm³/mol. The van der Waals surface area contributed by atoms with E-state index in [1.165, 1.54) is 0 Å². The molecule has 0 radical (unpaired) electrons. The molecular weight excluding hydrogens is 280 g/mol. The first-order valence-electron chi connectivity index (χ1n) is 7.72. The minimum absolute atomic E-state index is 0.146.